The standard InChI is InChI=1S/C13H11BrN2/c1-8-6-12-15-9(2)7-16(12)13-10(8)4-3-5-11(13)14/h3-7H,1-2H3. The first kappa shape index (κ1) is 9.85. The van der Waals surface area contributed by atoms with E-state index in [0.29, 0.717) is 0 Å². The van der Waals surface area contributed by atoms with E-state index in [9.17, 15) is 0 Å². The molecule has 0 amide bonds. The number of para-hydroxylation sites is 1. The SMILES string of the molecule is Cc1cn2c(cc(C)c3cccc(Br)c32)n1. The lowest BCUT2D eigenvalue weighted by molar-refractivity contribution is 1.24. The fraction of sp³-hybridized carbons (Fsp3) is 0.154. The summed E-state index contributed by atoms with van der Waals surface area (Å²) in [6.07, 6.45) is 2.07. The Bertz CT molecular complexity index is 698. The lowest BCUT2D eigenvalue weighted by atomic mass is 10.1. The Hall–Kier alpha value is -1.35. The van der Waals surface area contributed by atoms with Crippen molar-refractivity contribution in [1.82, 2.24) is 9.38 Å². The van der Waals surface area contributed by atoms with E-state index in [0.717, 1.165) is 15.8 Å². The highest BCUT2D eigenvalue weighted by atomic mass is 79.9. The van der Waals surface area contributed by atoms with Crippen molar-refractivity contribution >= 4 is 32.5 Å². The molecule has 3 heteroatoms. The second-order valence-corrected chi connectivity index (χ2v) is 4.93. The Labute approximate surface area is 102 Å². The highest BCUT2D eigenvalue weighted by Gasteiger charge is 2.08. The lowest BCUT2D eigenvalue weighted by Crippen LogP contribution is -1.90. The first-order valence-corrected chi connectivity index (χ1v) is 5.99. The fourth-order valence-corrected chi connectivity index (χ4v) is 2.70. The second-order valence-electron chi connectivity index (χ2n) is 4.07. The van der Waals surface area contributed by atoms with Crippen LogP contribution in [0.2, 0.25) is 0 Å². The van der Waals surface area contributed by atoms with Gasteiger partial charge in [-0.2, -0.15) is 0 Å². The molecule has 0 spiro atoms. The Balaban J connectivity index is 2.66. The van der Waals surface area contributed by atoms with E-state index in [1.165, 1.54) is 16.5 Å². The average molecular weight is 275 g/mol. The number of pyridine rings is 1. The zero-order chi connectivity index (χ0) is 11.3. The topological polar surface area (TPSA) is 17.3 Å². The summed E-state index contributed by atoms with van der Waals surface area (Å²) in [4.78, 5) is 4.51. The summed E-state index contributed by atoms with van der Waals surface area (Å²) in [7, 11) is 0. The Morgan fingerprint density at radius 3 is 2.88 bits per heavy atom. The minimum atomic E-state index is 1.01. The molecule has 0 saturated heterocycles. The Morgan fingerprint density at radius 2 is 2.06 bits per heavy atom. The van der Waals surface area contributed by atoms with E-state index in [2.05, 4.69) is 62.7 Å². The normalized spacial score (nSPS) is 11.4. The summed E-state index contributed by atoms with van der Waals surface area (Å²) in [5.41, 5.74) is 4.50. The number of aryl methyl sites for hydroxylation is 2. The number of aromatic nitrogens is 2. The molecule has 0 bridgehead atoms. The molecule has 0 saturated carbocycles. The molecule has 0 fully saturated rings. The van der Waals surface area contributed by atoms with Crippen LogP contribution in [0.3, 0.4) is 0 Å². The Kier molecular flexibility index (Phi) is 2.04. The zero-order valence-corrected chi connectivity index (χ0v) is 10.7. The van der Waals surface area contributed by atoms with Gasteiger partial charge in [0.25, 0.3) is 0 Å². The van der Waals surface area contributed by atoms with E-state index in [-0.39, 0.29) is 0 Å². The van der Waals surface area contributed by atoms with Crippen LogP contribution in [-0.4, -0.2) is 9.38 Å². The van der Waals surface area contributed by atoms with Crippen LogP contribution in [0, 0.1) is 13.8 Å². The van der Waals surface area contributed by atoms with Gasteiger partial charge in [-0.3, -0.25) is 4.40 Å². The summed E-state index contributed by atoms with van der Waals surface area (Å²) >= 11 is 3.61. The van der Waals surface area contributed by atoms with E-state index >= 15 is 0 Å². The van der Waals surface area contributed by atoms with Crippen molar-refractivity contribution in [2.45, 2.75) is 13.8 Å². The van der Waals surface area contributed by atoms with Crippen molar-refractivity contribution in [3.63, 3.8) is 0 Å². The minimum absolute atomic E-state index is 1.01. The van der Waals surface area contributed by atoms with Gasteiger partial charge in [0.1, 0.15) is 5.65 Å². The molecule has 0 radical (unpaired) electrons. The predicted octanol–water partition coefficient (Wildman–Crippen LogP) is 3.87. The van der Waals surface area contributed by atoms with E-state index in [4.69, 9.17) is 0 Å². The third-order valence-corrected chi connectivity index (χ3v) is 3.49. The van der Waals surface area contributed by atoms with Crippen LogP contribution < -0.4 is 0 Å². The monoisotopic (exact) mass is 274 g/mol. The van der Waals surface area contributed by atoms with Gasteiger partial charge in [-0.1, -0.05) is 12.1 Å². The maximum Gasteiger partial charge on any atom is 0.137 e. The van der Waals surface area contributed by atoms with Gasteiger partial charge in [0.2, 0.25) is 0 Å². The molecule has 16 heavy (non-hydrogen) atoms. The molecule has 2 heterocycles. The molecule has 0 aliphatic heterocycles. The smallest absolute Gasteiger partial charge is 0.137 e. The average Bonchev–Trinajstić information content (AvgIpc) is 2.59. The van der Waals surface area contributed by atoms with Gasteiger partial charge >= 0.3 is 0 Å². The van der Waals surface area contributed by atoms with Gasteiger partial charge in [0, 0.05) is 16.1 Å². The van der Waals surface area contributed by atoms with Crippen molar-refractivity contribution in [2.75, 3.05) is 0 Å². The minimum Gasteiger partial charge on any atom is -0.298 e. The number of rotatable bonds is 0. The molecule has 2 aromatic heterocycles. The molecule has 0 N–H and O–H groups in total. The zero-order valence-electron chi connectivity index (χ0n) is 9.16. The van der Waals surface area contributed by atoms with Gasteiger partial charge in [0.15, 0.2) is 0 Å². The number of nitrogens with zero attached hydrogens (tertiary/aromatic N) is 2. The maximum absolute atomic E-state index is 4.51. The summed E-state index contributed by atoms with van der Waals surface area (Å²) in [6.45, 7) is 4.14. The lowest BCUT2D eigenvalue weighted by Gasteiger charge is -2.07. The summed E-state index contributed by atoms with van der Waals surface area (Å²) in [5, 5.41) is 1.26. The van der Waals surface area contributed by atoms with Crippen LogP contribution in [0.1, 0.15) is 11.3 Å². The van der Waals surface area contributed by atoms with Crippen LogP contribution in [0.15, 0.2) is 34.9 Å². The quantitative estimate of drug-likeness (QED) is 0.608. The van der Waals surface area contributed by atoms with Crippen molar-refractivity contribution in [3.8, 4) is 0 Å². The van der Waals surface area contributed by atoms with Crippen molar-refractivity contribution in [3.05, 3.63) is 46.2 Å². The van der Waals surface area contributed by atoms with Gasteiger partial charge in [0.05, 0.1) is 11.2 Å². The molecule has 1 aromatic carbocycles. The number of hydrogen-bond donors (Lipinski definition) is 0. The Morgan fingerprint density at radius 1 is 1.25 bits per heavy atom. The van der Waals surface area contributed by atoms with Crippen molar-refractivity contribution < 1.29 is 0 Å². The fourth-order valence-electron chi connectivity index (χ4n) is 2.15. The van der Waals surface area contributed by atoms with Gasteiger partial charge in [-0.25, -0.2) is 4.98 Å². The predicted molar refractivity (Wildman–Crippen MR) is 69.9 cm³/mol. The van der Waals surface area contributed by atoms with E-state index in [1.54, 1.807) is 0 Å². The van der Waals surface area contributed by atoms with Crippen LogP contribution >= 0.6 is 15.9 Å². The molecule has 0 aliphatic carbocycles. The third kappa shape index (κ3) is 1.28. The highest BCUT2D eigenvalue weighted by molar-refractivity contribution is 9.10. The molecule has 80 valence electrons. The molecule has 0 unspecified atom stereocenters. The van der Waals surface area contributed by atoms with Crippen LogP contribution in [0.4, 0.5) is 0 Å². The summed E-state index contributed by atoms with van der Waals surface area (Å²) < 4.78 is 3.25. The number of benzene rings is 1. The molecule has 0 atom stereocenters. The highest BCUT2D eigenvalue weighted by Crippen LogP contribution is 2.27. The molecular weight excluding hydrogens is 264 g/mol. The summed E-state index contributed by atoms with van der Waals surface area (Å²) in [5.74, 6) is 0. The third-order valence-electron chi connectivity index (χ3n) is 2.85. The van der Waals surface area contributed by atoms with Gasteiger partial charge in [-0.15, -0.1) is 0 Å². The first-order valence-electron chi connectivity index (χ1n) is 5.20. The number of hydrogen-bond acceptors (Lipinski definition) is 1. The van der Waals surface area contributed by atoms with Crippen LogP contribution in [-0.2, 0) is 0 Å². The largest absolute Gasteiger partial charge is 0.298 e. The molecule has 3 rings (SSSR count). The maximum atomic E-state index is 4.51. The number of imidazole rings is 1. The number of halogens is 1. The number of fused-ring (bicyclic) bond motifs is 3. The van der Waals surface area contributed by atoms with Gasteiger partial charge in [-0.05, 0) is 47.5 Å². The molecular formula is C13H11BrN2. The molecule has 3 aromatic rings. The van der Waals surface area contributed by atoms with Gasteiger partial charge < -0.3 is 0 Å². The second kappa shape index (κ2) is 3.32. The molecule has 0 aliphatic rings. The first-order chi connectivity index (χ1) is 7.66. The van der Waals surface area contributed by atoms with E-state index < -0.39 is 0 Å². The molecule has 2 nitrogen and oxygen atoms in total. The van der Waals surface area contributed by atoms with Crippen molar-refractivity contribution in [1.29, 1.82) is 0 Å². The van der Waals surface area contributed by atoms with Crippen LogP contribution in [0.5, 0.6) is 0 Å². The van der Waals surface area contributed by atoms with Crippen LogP contribution in [0.25, 0.3) is 16.6 Å². The van der Waals surface area contributed by atoms with Crippen molar-refractivity contribution in [2.24, 2.45) is 0 Å². The van der Waals surface area contributed by atoms with E-state index in [1.807, 2.05) is 6.92 Å². The summed E-state index contributed by atoms with van der Waals surface area (Å²) in [6, 6.07) is 8.40.